The van der Waals surface area contributed by atoms with Gasteiger partial charge in [0, 0.05) is 4.92 Å². The molecule has 0 amide bonds. The number of hydrogen-bond acceptors (Lipinski definition) is 8. The first-order valence-electron chi connectivity index (χ1n) is 2.80. The van der Waals surface area contributed by atoms with Crippen molar-refractivity contribution >= 4 is 103 Å². The van der Waals surface area contributed by atoms with Crippen LogP contribution in [0, 0.1) is 40.5 Å². The van der Waals surface area contributed by atoms with Crippen LogP contribution in [-0.4, -0.2) is 135 Å². The Hall–Kier alpha value is 0.873. The second-order valence-corrected chi connectivity index (χ2v) is 2.04. The zero-order valence-electron chi connectivity index (χ0n) is 6.26. The molecule has 0 rings (SSSR count). The average Bonchev–Trinajstić information content (AvgIpc) is 1.97. The number of nitro groups is 4. The van der Waals surface area contributed by atoms with Crippen LogP contribution in [0.15, 0.2) is 0 Å². The Bertz CT molecular complexity index is 281. The van der Waals surface area contributed by atoms with Crippen molar-refractivity contribution in [2.75, 3.05) is 6.54 Å². The summed E-state index contributed by atoms with van der Waals surface area (Å²) in [5.74, 6) is -4.01. The van der Waals surface area contributed by atoms with Gasteiger partial charge in [-0.3, -0.25) is 40.5 Å². The summed E-state index contributed by atoms with van der Waals surface area (Å²) >= 11 is 0. The van der Waals surface area contributed by atoms with Crippen LogP contribution in [0.2, 0.25) is 0 Å². The summed E-state index contributed by atoms with van der Waals surface area (Å²) in [6, 6.07) is 0. The van der Waals surface area contributed by atoms with Gasteiger partial charge in [-0.1, -0.05) is 0 Å². The fourth-order valence-electron chi connectivity index (χ4n) is 0.546. The Morgan fingerprint density at radius 2 is 1.00 bits per heavy atom. The van der Waals surface area contributed by atoms with Crippen molar-refractivity contribution in [3.8, 4) is 0 Å². The number of hydrogen-bond donors (Lipinski definition) is 0. The Morgan fingerprint density at radius 3 is 1.06 bits per heavy atom. The van der Waals surface area contributed by atoms with Crippen molar-refractivity contribution < 1.29 is 19.7 Å². The van der Waals surface area contributed by atoms with Crippen LogP contribution in [0.4, 0.5) is 0 Å². The fourth-order valence-corrected chi connectivity index (χ4v) is 0.546. The van der Waals surface area contributed by atoms with Gasteiger partial charge in [0.2, 0.25) is 0 Å². The standard InChI is InChI=1S/C2H2N4O8.2K.2H/c7-3(8)1-2(4(9)10,5(11)12)6(13)14;;;;/h1H2;;;;. The number of nitrogens with zero attached hydrogens (tertiary/aromatic N) is 4. The van der Waals surface area contributed by atoms with E-state index in [0.29, 0.717) is 0 Å². The minimum absolute atomic E-state index is 0. The van der Waals surface area contributed by atoms with Gasteiger partial charge in [0.05, 0.1) is 0 Å². The predicted octanol–water partition coefficient (Wildman–Crippen LogP) is -2.55. The summed E-state index contributed by atoms with van der Waals surface area (Å²) in [5, 5.41) is 40.0. The molecule has 0 heterocycles. The minimum atomic E-state index is -4.01. The Labute approximate surface area is 172 Å². The molecule has 12 nitrogen and oxygen atoms in total. The SMILES string of the molecule is O=[N+]([O-])CC([N+](=O)[O-])([N+](=O)[O-])[N+](=O)[O-].[KH].[KH]. The van der Waals surface area contributed by atoms with Crippen molar-refractivity contribution in [1.82, 2.24) is 0 Å². The van der Waals surface area contributed by atoms with Crippen molar-refractivity contribution in [3.63, 3.8) is 0 Å². The molecule has 0 bridgehead atoms. The van der Waals surface area contributed by atoms with Gasteiger partial charge in [-0.25, -0.2) is 0 Å². The summed E-state index contributed by atoms with van der Waals surface area (Å²) < 4.78 is 0. The maximum absolute atomic E-state index is 10.1. The van der Waals surface area contributed by atoms with Gasteiger partial charge in [0.15, 0.2) is 14.8 Å². The van der Waals surface area contributed by atoms with E-state index in [-0.39, 0.29) is 103 Å². The molecule has 0 radical (unpaired) electrons. The molecule has 0 saturated carbocycles. The van der Waals surface area contributed by atoms with Gasteiger partial charge >= 0.3 is 115 Å². The first kappa shape index (κ1) is 22.1. The molecule has 82 valence electrons. The summed E-state index contributed by atoms with van der Waals surface area (Å²) in [5.41, 5.74) is 0. The summed E-state index contributed by atoms with van der Waals surface area (Å²) in [7, 11) is 0. The molecule has 0 aliphatic carbocycles. The Balaban J connectivity index is -0.000000845. The Kier molecular flexibility index (Phi) is 12.3. The topological polar surface area (TPSA) is 173 Å². The monoisotopic (exact) mass is 290 g/mol. The third-order valence-corrected chi connectivity index (χ3v) is 1.22. The molecule has 0 unspecified atom stereocenters. The van der Waals surface area contributed by atoms with E-state index < -0.39 is 32.0 Å². The molecular weight excluding hydrogens is 286 g/mol. The molecule has 0 fully saturated rings. The van der Waals surface area contributed by atoms with Crippen molar-refractivity contribution in [1.29, 1.82) is 0 Å². The van der Waals surface area contributed by atoms with Crippen LogP contribution in [0.25, 0.3) is 0 Å². The van der Waals surface area contributed by atoms with Crippen molar-refractivity contribution in [2.24, 2.45) is 0 Å². The van der Waals surface area contributed by atoms with Crippen molar-refractivity contribution in [3.05, 3.63) is 40.5 Å². The second kappa shape index (κ2) is 8.89. The van der Waals surface area contributed by atoms with Crippen LogP contribution in [0.3, 0.4) is 0 Å². The molecule has 0 aromatic carbocycles. The van der Waals surface area contributed by atoms with Crippen LogP contribution in [0.1, 0.15) is 0 Å². The molecule has 16 heavy (non-hydrogen) atoms. The van der Waals surface area contributed by atoms with Gasteiger partial charge in [-0.2, -0.15) is 0 Å². The molecule has 0 saturated heterocycles. The summed E-state index contributed by atoms with van der Waals surface area (Å²) in [4.78, 5) is 32.8. The van der Waals surface area contributed by atoms with E-state index in [1.54, 1.807) is 0 Å². The van der Waals surface area contributed by atoms with E-state index in [9.17, 15) is 40.5 Å². The first-order valence-corrected chi connectivity index (χ1v) is 2.80. The van der Waals surface area contributed by atoms with Gasteiger partial charge in [-0.15, -0.1) is 0 Å². The van der Waals surface area contributed by atoms with Gasteiger partial charge in [0.1, 0.15) is 0 Å². The maximum atomic E-state index is 10.1. The van der Waals surface area contributed by atoms with E-state index in [1.165, 1.54) is 0 Å². The number of rotatable bonds is 5. The fraction of sp³-hybridized carbons (Fsp3) is 1.00. The molecule has 0 N–H and O–H groups in total. The van der Waals surface area contributed by atoms with Gasteiger partial charge in [-0.05, 0) is 0 Å². The summed E-state index contributed by atoms with van der Waals surface area (Å²) in [6.45, 7) is -2.01. The predicted molar refractivity (Wildman–Crippen MR) is 49.9 cm³/mol. The van der Waals surface area contributed by atoms with Crippen molar-refractivity contribution in [2.45, 2.75) is 5.79 Å². The molecule has 0 spiro atoms. The van der Waals surface area contributed by atoms with Gasteiger partial charge < -0.3 is 0 Å². The third kappa shape index (κ3) is 5.02. The zero-order valence-corrected chi connectivity index (χ0v) is 6.26. The normalized spacial score (nSPS) is 9.25. The third-order valence-electron chi connectivity index (χ3n) is 1.22. The van der Waals surface area contributed by atoms with Crippen LogP contribution < -0.4 is 0 Å². The van der Waals surface area contributed by atoms with Crippen LogP contribution in [-0.2, 0) is 0 Å². The zero-order chi connectivity index (χ0) is 11.5. The molecule has 0 aromatic rings. The van der Waals surface area contributed by atoms with Crippen LogP contribution >= 0.6 is 0 Å². The molecule has 0 atom stereocenters. The molecular formula is C2H4K2N4O8. The second-order valence-electron chi connectivity index (χ2n) is 2.04. The quantitative estimate of drug-likeness (QED) is 0.230. The van der Waals surface area contributed by atoms with E-state index in [2.05, 4.69) is 0 Å². The van der Waals surface area contributed by atoms with E-state index >= 15 is 0 Å². The summed E-state index contributed by atoms with van der Waals surface area (Å²) in [6.07, 6.45) is 0. The van der Waals surface area contributed by atoms with Gasteiger partial charge in [0.25, 0.3) is 0 Å². The first-order chi connectivity index (χ1) is 6.25. The molecule has 14 heteroatoms. The molecule has 0 aromatic heterocycles. The van der Waals surface area contributed by atoms with Crippen LogP contribution in [0.5, 0.6) is 0 Å². The van der Waals surface area contributed by atoms with E-state index in [0.717, 1.165) is 0 Å². The molecule has 0 aliphatic rings. The van der Waals surface area contributed by atoms with E-state index in [4.69, 9.17) is 0 Å². The molecule has 0 aliphatic heterocycles. The van der Waals surface area contributed by atoms with E-state index in [1.807, 2.05) is 0 Å². The Morgan fingerprint density at radius 1 is 0.750 bits per heavy atom. The average molecular weight is 290 g/mol.